The molecular formula is C31H44N6O. The molecule has 2 aliphatic rings. The van der Waals surface area contributed by atoms with Crippen molar-refractivity contribution in [3.63, 3.8) is 0 Å². The zero-order chi connectivity index (χ0) is 27.8. The second-order valence-electron chi connectivity index (χ2n) is 9.92. The van der Waals surface area contributed by atoms with Crippen molar-refractivity contribution in [3.8, 4) is 0 Å². The van der Waals surface area contributed by atoms with Crippen molar-refractivity contribution in [1.29, 1.82) is 0 Å². The van der Waals surface area contributed by atoms with Crippen molar-refractivity contribution in [2.24, 2.45) is 0 Å². The zero-order valence-corrected chi connectivity index (χ0v) is 23.9. The Bertz CT molecular complexity index is 1140. The molecule has 1 amide bonds. The van der Waals surface area contributed by atoms with E-state index < -0.39 is 0 Å². The molecule has 1 saturated heterocycles. The first kappa shape index (κ1) is 29.1. The molecule has 2 aromatic rings. The summed E-state index contributed by atoms with van der Waals surface area (Å²) < 4.78 is 0. The van der Waals surface area contributed by atoms with Crippen LogP contribution in [0.1, 0.15) is 61.1 Å². The predicted molar refractivity (Wildman–Crippen MR) is 158 cm³/mol. The maximum atomic E-state index is 12.2. The summed E-state index contributed by atoms with van der Waals surface area (Å²) >= 11 is 0. The van der Waals surface area contributed by atoms with Gasteiger partial charge in [0.2, 0.25) is 0 Å². The third kappa shape index (κ3) is 6.91. The molecule has 1 aromatic carbocycles. The maximum absolute atomic E-state index is 12.2. The normalized spacial score (nSPS) is 20.6. The van der Waals surface area contributed by atoms with E-state index in [0.29, 0.717) is 18.2 Å². The molecule has 7 nitrogen and oxygen atoms in total. The number of hydrazine groups is 1. The third-order valence-corrected chi connectivity index (χ3v) is 7.29. The number of likely N-dealkylation sites (N-methyl/N-ethyl adjacent to an activating group) is 1. The summed E-state index contributed by atoms with van der Waals surface area (Å²) in [6, 6.07) is 12.2. The molecule has 0 spiro atoms. The molecule has 7 heteroatoms. The lowest BCUT2D eigenvalue weighted by molar-refractivity contribution is 0.0827. The fourth-order valence-corrected chi connectivity index (χ4v) is 5.06. The van der Waals surface area contributed by atoms with Crippen LogP contribution in [0.15, 0.2) is 72.6 Å². The molecule has 3 heterocycles. The Balaban J connectivity index is 0.00000195. The standard InChI is InChI=1S/C29H38N6O.C2H6/c1-20-18-28(34(5)32-15-12-26(20)27-11-10-25(30)19-31-27)21(2)35-16-13-23(14-17-35)22-6-8-24(9-7-22)29(36)33(3)4;1-2/h6-12,18-19,21,23,32H,1,13-17,30H2,2-5H3;1-2H3/b26-12+,28-18-;. The SMILES string of the molecule is C=C1/C=C(/C(C)N2CCC(c3ccc(C(=O)N(C)C)cc3)CC2)N(C)NC/C=C\1c1ccc(N)cn1.CC. The Hall–Kier alpha value is -3.42. The minimum atomic E-state index is 0.0437. The van der Waals surface area contributed by atoms with E-state index in [9.17, 15) is 4.79 Å². The number of hydrogen-bond donors (Lipinski definition) is 2. The summed E-state index contributed by atoms with van der Waals surface area (Å²) in [6.07, 6.45) is 8.17. The molecule has 0 radical (unpaired) electrons. The summed E-state index contributed by atoms with van der Waals surface area (Å²) in [5, 5.41) is 2.12. The van der Waals surface area contributed by atoms with Gasteiger partial charge in [-0.05, 0) is 80.3 Å². The van der Waals surface area contributed by atoms with Gasteiger partial charge in [-0.15, -0.1) is 0 Å². The molecule has 38 heavy (non-hydrogen) atoms. The largest absolute Gasteiger partial charge is 0.397 e. The number of allylic oxidation sites excluding steroid dienone is 3. The van der Waals surface area contributed by atoms with Crippen molar-refractivity contribution in [3.05, 3.63) is 89.4 Å². The Kier molecular flexibility index (Phi) is 10.3. The van der Waals surface area contributed by atoms with Crippen molar-refractivity contribution in [2.45, 2.75) is 45.6 Å². The van der Waals surface area contributed by atoms with Crippen LogP contribution in [-0.2, 0) is 0 Å². The van der Waals surface area contributed by atoms with Crippen LogP contribution < -0.4 is 11.2 Å². The molecule has 1 unspecified atom stereocenters. The minimum Gasteiger partial charge on any atom is -0.397 e. The van der Waals surface area contributed by atoms with Gasteiger partial charge in [-0.2, -0.15) is 0 Å². The number of likely N-dealkylation sites (tertiary alicyclic amines) is 1. The number of nitrogens with one attached hydrogen (secondary N) is 1. The number of pyridine rings is 1. The second-order valence-corrected chi connectivity index (χ2v) is 9.92. The Morgan fingerprint density at radius 2 is 1.79 bits per heavy atom. The van der Waals surface area contributed by atoms with Gasteiger partial charge in [0.25, 0.3) is 5.91 Å². The molecule has 1 atom stereocenters. The van der Waals surface area contributed by atoms with Crippen LogP contribution in [0.5, 0.6) is 0 Å². The summed E-state index contributed by atoms with van der Waals surface area (Å²) in [4.78, 5) is 20.9. The third-order valence-electron chi connectivity index (χ3n) is 7.29. The molecule has 0 saturated carbocycles. The number of nitrogens with zero attached hydrogens (tertiary/aromatic N) is 4. The van der Waals surface area contributed by atoms with E-state index >= 15 is 0 Å². The number of carbonyl (C=O) groups excluding carboxylic acids is 1. The number of amides is 1. The number of hydrogen-bond acceptors (Lipinski definition) is 6. The molecule has 3 N–H and O–H groups in total. The quantitative estimate of drug-likeness (QED) is 0.587. The van der Waals surface area contributed by atoms with Crippen molar-refractivity contribution < 1.29 is 4.79 Å². The van der Waals surface area contributed by atoms with Crippen LogP contribution in [0.3, 0.4) is 0 Å². The maximum Gasteiger partial charge on any atom is 0.253 e. The number of piperidine rings is 1. The van der Waals surface area contributed by atoms with Gasteiger partial charge in [0, 0.05) is 50.6 Å². The number of rotatable bonds is 5. The number of benzene rings is 1. The Labute approximate surface area is 228 Å². The van der Waals surface area contributed by atoms with Gasteiger partial charge >= 0.3 is 0 Å². The minimum absolute atomic E-state index is 0.0437. The highest BCUT2D eigenvalue weighted by Crippen LogP contribution is 2.32. The molecule has 0 bridgehead atoms. The number of anilines is 1. The fourth-order valence-electron chi connectivity index (χ4n) is 5.06. The van der Waals surface area contributed by atoms with Gasteiger partial charge in [0.05, 0.1) is 17.6 Å². The lowest BCUT2D eigenvalue weighted by Crippen LogP contribution is -2.47. The van der Waals surface area contributed by atoms with Crippen LogP contribution >= 0.6 is 0 Å². The van der Waals surface area contributed by atoms with Gasteiger partial charge in [0.1, 0.15) is 0 Å². The van der Waals surface area contributed by atoms with Crippen LogP contribution in [0.2, 0.25) is 0 Å². The van der Waals surface area contributed by atoms with E-state index in [1.807, 2.05) is 38.1 Å². The number of aromatic nitrogens is 1. The monoisotopic (exact) mass is 516 g/mol. The van der Waals surface area contributed by atoms with E-state index in [1.165, 1.54) is 11.3 Å². The molecule has 4 rings (SSSR count). The first-order chi connectivity index (χ1) is 18.2. The topological polar surface area (TPSA) is 77.7 Å². The Morgan fingerprint density at radius 1 is 1.13 bits per heavy atom. The number of carbonyl (C=O) groups is 1. The van der Waals surface area contributed by atoms with E-state index in [4.69, 9.17) is 5.73 Å². The highest BCUT2D eigenvalue weighted by molar-refractivity contribution is 5.93. The summed E-state index contributed by atoms with van der Waals surface area (Å²) in [7, 11) is 5.64. The lowest BCUT2D eigenvalue weighted by atomic mass is 9.88. The highest BCUT2D eigenvalue weighted by Gasteiger charge is 2.28. The van der Waals surface area contributed by atoms with Crippen LogP contribution in [0.25, 0.3) is 5.57 Å². The molecule has 204 valence electrons. The van der Waals surface area contributed by atoms with Gasteiger partial charge in [-0.1, -0.05) is 38.6 Å². The van der Waals surface area contributed by atoms with Gasteiger partial charge in [0.15, 0.2) is 0 Å². The van der Waals surface area contributed by atoms with Gasteiger partial charge in [-0.25, -0.2) is 5.43 Å². The van der Waals surface area contributed by atoms with Crippen LogP contribution in [0.4, 0.5) is 5.69 Å². The van der Waals surface area contributed by atoms with Crippen molar-refractivity contribution >= 4 is 17.2 Å². The average Bonchev–Trinajstić information content (AvgIpc) is 2.94. The molecule has 1 fully saturated rings. The Morgan fingerprint density at radius 3 is 2.37 bits per heavy atom. The van der Waals surface area contributed by atoms with Crippen LogP contribution in [0, 0.1) is 0 Å². The predicted octanol–water partition coefficient (Wildman–Crippen LogP) is 4.93. The summed E-state index contributed by atoms with van der Waals surface area (Å²) in [5.41, 5.74) is 16.1. The van der Waals surface area contributed by atoms with E-state index in [2.05, 4.69) is 65.2 Å². The molecule has 0 aliphatic carbocycles. The number of nitrogen functional groups attached to an aromatic ring is 1. The van der Waals surface area contributed by atoms with Crippen molar-refractivity contribution in [2.75, 3.05) is 46.5 Å². The average molecular weight is 517 g/mol. The second kappa shape index (κ2) is 13.4. The van der Waals surface area contributed by atoms with E-state index in [0.717, 1.165) is 48.3 Å². The fraction of sp³-hybridized carbons (Fsp3) is 0.419. The van der Waals surface area contributed by atoms with Gasteiger partial charge in [-0.3, -0.25) is 14.7 Å². The molecular weight excluding hydrogens is 472 g/mol. The van der Waals surface area contributed by atoms with E-state index in [1.54, 1.807) is 25.2 Å². The summed E-state index contributed by atoms with van der Waals surface area (Å²) in [6.45, 7) is 13.4. The molecule has 1 aromatic heterocycles. The lowest BCUT2D eigenvalue weighted by Gasteiger charge is -2.40. The van der Waals surface area contributed by atoms with Crippen LogP contribution in [-0.4, -0.2) is 72.5 Å². The van der Waals surface area contributed by atoms with Crippen molar-refractivity contribution in [1.82, 2.24) is 25.2 Å². The van der Waals surface area contributed by atoms with Gasteiger partial charge < -0.3 is 15.6 Å². The highest BCUT2D eigenvalue weighted by atomic mass is 16.2. The summed E-state index contributed by atoms with van der Waals surface area (Å²) in [5.74, 6) is 0.558. The van der Waals surface area contributed by atoms with E-state index in [-0.39, 0.29) is 11.9 Å². The smallest absolute Gasteiger partial charge is 0.253 e. The number of nitrogens with two attached hydrogens (primary N) is 1. The zero-order valence-electron chi connectivity index (χ0n) is 23.9. The molecule has 2 aliphatic heterocycles. The first-order valence-electron chi connectivity index (χ1n) is 13.6. The first-order valence-corrected chi connectivity index (χ1v) is 13.6.